The Morgan fingerprint density at radius 1 is 1.11 bits per heavy atom. The molecule has 4 atom stereocenters. The maximum Gasteiger partial charge on any atom is 0.406 e. The summed E-state index contributed by atoms with van der Waals surface area (Å²) in [5.74, 6) is -3.37. The smallest absolute Gasteiger partial charge is 0.406 e. The third-order valence-electron chi connectivity index (χ3n) is 7.46. The summed E-state index contributed by atoms with van der Waals surface area (Å²) in [5.41, 5.74) is 3.23. The molecular weight excluding hydrogens is 471 g/mol. The van der Waals surface area contributed by atoms with Crippen molar-refractivity contribution in [3.63, 3.8) is 0 Å². The van der Waals surface area contributed by atoms with Crippen LogP contribution < -0.4 is 0 Å². The van der Waals surface area contributed by atoms with E-state index in [9.17, 15) is 28.2 Å². The topological polar surface area (TPSA) is 70.0 Å². The predicted octanol–water partition coefficient (Wildman–Crippen LogP) is 4.89. The number of hydrogen-bond donors (Lipinski definition) is 2. The summed E-state index contributed by atoms with van der Waals surface area (Å²) in [6.07, 6.45) is -3.51. The van der Waals surface area contributed by atoms with Gasteiger partial charge in [0.15, 0.2) is 5.92 Å². The molecule has 0 spiro atoms. The molecule has 2 heterocycles. The minimum absolute atomic E-state index is 0.0783. The zero-order valence-electron chi connectivity index (χ0n) is 20.7. The minimum atomic E-state index is -4.76. The third-order valence-corrected chi connectivity index (χ3v) is 7.46. The first kappa shape index (κ1) is 26.6. The van der Waals surface area contributed by atoms with Crippen molar-refractivity contribution in [2.45, 2.75) is 70.6 Å². The lowest BCUT2D eigenvalue weighted by atomic mass is 9.78. The summed E-state index contributed by atoms with van der Waals surface area (Å²) >= 11 is 0. The first-order valence-electron chi connectivity index (χ1n) is 12.5. The fourth-order valence-corrected chi connectivity index (χ4v) is 5.82. The van der Waals surface area contributed by atoms with E-state index in [0.717, 1.165) is 30.5 Å². The number of esters is 1. The van der Waals surface area contributed by atoms with Crippen LogP contribution in [0.2, 0.25) is 0 Å². The lowest BCUT2D eigenvalue weighted by Gasteiger charge is -2.47. The number of hydrogen-bond acceptors (Lipinski definition) is 5. The molecule has 0 radical (unpaired) electrons. The van der Waals surface area contributed by atoms with E-state index in [0.29, 0.717) is 30.0 Å². The number of nitrogens with zero attached hydrogens (tertiary/aromatic N) is 1. The van der Waals surface area contributed by atoms with Crippen molar-refractivity contribution in [3.8, 4) is 0 Å². The number of fused-ring (bicyclic) bond motifs is 3. The van der Waals surface area contributed by atoms with Crippen LogP contribution in [0.3, 0.4) is 0 Å². The molecule has 2 aliphatic heterocycles. The van der Waals surface area contributed by atoms with Crippen LogP contribution in [0.15, 0.2) is 42.5 Å². The van der Waals surface area contributed by atoms with Crippen LogP contribution in [-0.2, 0) is 29.2 Å². The van der Waals surface area contributed by atoms with Gasteiger partial charge in [-0.1, -0.05) is 56.3 Å². The van der Waals surface area contributed by atoms with Gasteiger partial charge in [0.2, 0.25) is 0 Å². The fourth-order valence-electron chi connectivity index (χ4n) is 5.82. The average Bonchev–Trinajstić information content (AvgIpc) is 2.83. The van der Waals surface area contributed by atoms with Gasteiger partial charge in [0.1, 0.15) is 6.10 Å². The number of ether oxygens (including phenoxy) is 1. The largest absolute Gasteiger partial charge is 0.461 e. The second kappa shape index (κ2) is 10.9. The van der Waals surface area contributed by atoms with E-state index in [2.05, 4.69) is 18.7 Å². The quantitative estimate of drug-likeness (QED) is 0.524. The van der Waals surface area contributed by atoms with E-state index in [-0.39, 0.29) is 30.7 Å². The van der Waals surface area contributed by atoms with Gasteiger partial charge in [-0.05, 0) is 46.6 Å². The second-order valence-electron chi connectivity index (χ2n) is 10.4. The van der Waals surface area contributed by atoms with Crippen LogP contribution in [0.1, 0.15) is 66.5 Å². The minimum Gasteiger partial charge on any atom is -0.461 e. The Labute approximate surface area is 209 Å². The third kappa shape index (κ3) is 5.61. The van der Waals surface area contributed by atoms with Crippen molar-refractivity contribution in [2.75, 3.05) is 13.1 Å². The summed E-state index contributed by atoms with van der Waals surface area (Å²) in [6.45, 7) is 5.14. The summed E-state index contributed by atoms with van der Waals surface area (Å²) in [7, 11) is 0. The van der Waals surface area contributed by atoms with E-state index < -0.39 is 24.2 Å². The number of halogens is 3. The molecular formula is C28H34F3NO4. The van der Waals surface area contributed by atoms with Gasteiger partial charge >= 0.3 is 12.1 Å². The number of piperidine rings is 1. The normalized spacial score (nSPS) is 23.2. The molecule has 0 aliphatic carbocycles. The molecule has 8 heteroatoms. The molecule has 0 amide bonds. The van der Waals surface area contributed by atoms with Crippen molar-refractivity contribution in [2.24, 2.45) is 11.8 Å². The van der Waals surface area contributed by atoms with Crippen LogP contribution in [0, 0.1) is 11.8 Å². The number of carbonyl (C=O) groups is 1. The summed E-state index contributed by atoms with van der Waals surface area (Å²) in [4.78, 5) is 15.4. The lowest BCUT2D eigenvalue weighted by molar-refractivity contribution is -0.190. The lowest BCUT2D eigenvalue weighted by Crippen LogP contribution is -2.50. The van der Waals surface area contributed by atoms with Gasteiger partial charge in [-0.2, -0.15) is 13.2 Å². The molecule has 196 valence electrons. The van der Waals surface area contributed by atoms with Gasteiger partial charge < -0.3 is 14.9 Å². The van der Waals surface area contributed by atoms with Crippen molar-refractivity contribution in [1.82, 2.24) is 4.90 Å². The molecule has 1 saturated heterocycles. The SMILES string of the molecule is CC(C)C[C@H]1CN2CCc3cc(CO)c(CO)cc3[C@H]2C[C@H]1OC(=O)[C@@H](c1ccccc1)C(F)(F)F. The molecule has 2 aromatic rings. The van der Waals surface area contributed by atoms with E-state index >= 15 is 0 Å². The number of carbonyl (C=O) groups excluding carboxylic acids is 1. The van der Waals surface area contributed by atoms with Gasteiger partial charge in [-0.3, -0.25) is 9.69 Å². The second-order valence-corrected chi connectivity index (χ2v) is 10.4. The van der Waals surface area contributed by atoms with Crippen LogP contribution in [0.25, 0.3) is 0 Å². The zero-order chi connectivity index (χ0) is 26.0. The molecule has 0 saturated carbocycles. The summed E-state index contributed by atoms with van der Waals surface area (Å²) < 4.78 is 47.7. The van der Waals surface area contributed by atoms with Crippen molar-refractivity contribution in [3.05, 3.63) is 70.3 Å². The first-order chi connectivity index (χ1) is 17.1. The molecule has 2 aliphatic rings. The van der Waals surface area contributed by atoms with E-state index in [1.807, 2.05) is 12.1 Å². The molecule has 2 aromatic carbocycles. The van der Waals surface area contributed by atoms with Crippen molar-refractivity contribution >= 4 is 5.97 Å². The standard InChI is InChI=1S/C28H34F3NO4/c1-17(2)10-20-14-32-9-8-19-11-21(15-33)22(16-34)12-23(19)24(32)13-25(20)36-27(35)26(28(29,30)31)18-6-4-3-5-7-18/h3-7,11-12,17,20,24-26,33-34H,8-10,13-16H2,1-2H3/t20-,24+,25+,26+/m0/s1. The Morgan fingerprint density at radius 2 is 1.78 bits per heavy atom. The van der Waals surface area contributed by atoms with Gasteiger partial charge in [0.25, 0.3) is 0 Å². The van der Waals surface area contributed by atoms with E-state index in [1.165, 1.54) is 24.3 Å². The predicted molar refractivity (Wildman–Crippen MR) is 129 cm³/mol. The molecule has 5 nitrogen and oxygen atoms in total. The maximum atomic E-state index is 14.0. The average molecular weight is 506 g/mol. The highest BCUT2D eigenvalue weighted by atomic mass is 19.4. The number of aliphatic hydroxyl groups excluding tert-OH is 2. The van der Waals surface area contributed by atoms with E-state index in [4.69, 9.17) is 4.74 Å². The van der Waals surface area contributed by atoms with Gasteiger partial charge in [0, 0.05) is 31.5 Å². The summed E-state index contributed by atoms with van der Waals surface area (Å²) in [5, 5.41) is 19.5. The number of alkyl halides is 3. The van der Waals surface area contributed by atoms with Crippen LogP contribution >= 0.6 is 0 Å². The molecule has 36 heavy (non-hydrogen) atoms. The maximum absolute atomic E-state index is 14.0. The Bertz CT molecular complexity index is 1060. The highest BCUT2D eigenvalue weighted by Crippen LogP contribution is 2.43. The van der Waals surface area contributed by atoms with E-state index in [1.54, 1.807) is 6.07 Å². The van der Waals surface area contributed by atoms with Gasteiger partial charge in [-0.15, -0.1) is 0 Å². The van der Waals surface area contributed by atoms with Gasteiger partial charge in [0.05, 0.1) is 13.2 Å². The zero-order valence-corrected chi connectivity index (χ0v) is 20.7. The molecule has 1 fully saturated rings. The molecule has 2 N–H and O–H groups in total. The highest BCUT2D eigenvalue weighted by Gasteiger charge is 2.49. The Hall–Kier alpha value is -2.42. The van der Waals surface area contributed by atoms with Crippen LogP contribution in [-0.4, -0.2) is 46.5 Å². The number of benzene rings is 2. The Kier molecular flexibility index (Phi) is 8.07. The monoisotopic (exact) mass is 505 g/mol. The van der Waals surface area contributed by atoms with Crippen molar-refractivity contribution in [1.29, 1.82) is 0 Å². The molecule has 0 aromatic heterocycles. The molecule has 0 bridgehead atoms. The Morgan fingerprint density at radius 3 is 2.39 bits per heavy atom. The highest BCUT2D eigenvalue weighted by molar-refractivity contribution is 5.79. The Balaban J connectivity index is 1.64. The van der Waals surface area contributed by atoms with Gasteiger partial charge in [-0.25, -0.2) is 0 Å². The number of aliphatic hydroxyl groups is 2. The van der Waals surface area contributed by atoms with Crippen LogP contribution in [0.5, 0.6) is 0 Å². The molecule has 4 rings (SSSR count). The van der Waals surface area contributed by atoms with Crippen molar-refractivity contribution < 1.29 is 32.9 Å². The summed E-state index contributed by atoms with van der Waals surface area (Å²) in [6, 6.07) is 10.9. The fraction of sp³-hybridized carbons (Fsp3) is 0.536. The first-order valence-corrected chi connectivity index (χ1v) is 12.5. The van der Waals surface area contributed by atoms with Crippen LogP contribution in [0.4, 0.5) is 13.2 Å². The molecule has 0 unspecified atom stereocenters. The number of rotatable bonds is 7.